The van der Waals surface area contributed by atoms with Crippen LogP contribution >= 0.6 is 12.4 Å². The summed E-state index contributed by atoms with van der Waals surface area (Å²) in [6, 6.07) is 8.53. The maximum Gasteiger partial charge on any atom is 0.227 e. The molecule has 25 heavy (non-hydrogen) atoms. The molecule has 1 aromatic carbocycles. The molecule has 0 aromatic heterocycles. The second kappa shape index (κ2) is 8.68. The zero-order chi connectivity index (χ0) is 17.1. The van der Waals surface area contributed by atoms with E-state index in [-0.39, 0.29) is 30.1 Å². The predicted octanol–water partition coefficient (Wildman–Crippen LogP) is 1.98. The number of carbonyl (C=O) groups excluding carboxylic acids is 2. The summed E-state index contributed by atoms with van der Waals surface area (Å²) in [6.45, 7) is 5.12. The van der Waals surface area contributed by atoms with Gasteiger partial charge in [0.1, 0.15) is 0 Å². The van der Waals surface area contributed by atoms with Crippen LogP contribution in [0.15, 0.2) is 24.3 Å². The minimum atomic E-state index is -0.192. The standard InChI is InChI=1S/C19H27N3O2.ClH/c1-14-3-5-15(6-4-14)12-22-13-16(11-18(22)23)19(24)21(2)17-7-9-20-10-8-17;/h3-6,16-17,20H,7-13H2,1-2H3;1H. The van der Waals surface area contributed by atoms with E-state index in [2.05, 4.69) is 36.5 Å². The van der Waals surface area contributed by atoms with Crippen LogP contribution in [0.3, 0.4) is 0 Å². The van der Waals surface area contributed by atoms with E-state index in [0.717, 1.165) is 31.5 Å². The first-order chi connectivity index (χ1) is 11.5. The highest BCUT2D eigenvalue weighted by Crippen LogP contribution is 2.24. The number of hydrogen-bond acceptors (Lipinski definition) is 3. The molecule has 2 amide bonds. The SMILES string of the molecule is Cc1ccc(CN2CC(C(=O)N(C)C3CCNCC3)CC2=O)cc1.Cl. The molecule has 1 unspecified atom stereocenters. The van der Waals surface area contributed by atoms with Gasteiger partial charge in [-0.1, -0.05) is 29.8 Å². The fraction of sp³-hybridized carbons (Fsp3) is 0.579. The Kier molecular flexibility index (Phi) is 6.85. The molecule has 0 bridgehead atoms. The van der Waals surface area contributed by atoms with E-state index >= 15 is 0 Å². The van der Waals surface area contributed by atoms with Crippen LogP contribution in [0.2, 0.25) is 0 Å². The van der Waals surface area contributed by atoms with Crippen LogP contribution in [0.1, 0.15) is 30.4 Å². The van der Waals surface area contributed by atoms with Crippen molar-refractivity contribution in [1.29, 1.82) is 0 Å². The van der Waals surface area contributed by atoms with Gasteiger partial charge < -0.3 is 15.1 Å². The smallest absolute Gasteiger partial charge is 0.227 e. The second-order valence-corrected chi connectivity index (χ2v) is 7.09. The van der Waals surface area contributed by atoms with Crippen molar-refractivity contribution in [3.05, 3.63) is 35.4 Å². The van der Waals surface area contributed by atoms with Crippen molar-refractivity contribution >= 4 is 24.2 Å². The number of likely N-dealkylation sites (tertiary alicyclic amines) is 1. The molecule has 6 heteroatoms. The zero-order valence-electron chi connectivity index (χ0n) is 15.0. The van der Waals surface area contributed by atoms with E-state index in [1.165, 1.54) is 5.56 Å². The van der Waals surface area contributed by atoms with Crippen molar-refractivity contribution in [1.82, 2.24) is 15.1 Å². The summed E-state index contributed by atoms with van der Waals surface area (Å²) >= 11 is 0. The molecule has 2 fully saturated rings. The number of nitrogens with zero attached hydrogens (tertiary/aromatic N) is 2. The summed E-state index contributed by atoms with van der Waals surface area (Å²) in [5, 5.41) is 3.32. The van der Waals surface area contributed by atoms with Crippen molar-refractivity contribution < 1.29 is 9.59 Å². The molecule has 3 rings (SSSR count). The third kappa shape index (κ3) is 4.73. The number of amides is 2. The normalized spacial score (nSPS) is 21.1. The molecule has 2 saturated heterocycles. The Hall–Kier alpha value is -1.59. The third-order valence-corrected chi connectivity index (χ3v) is 5.26. The Balaban J connectivity index is 0.00000225. The molecule has 5 nitrogen and oxygen atoms in total. The van der Waals surface area contributed by atoms with E-state index in [0.29, 0.717) is 25.6 Å². The van der Waals surface area contributed by atoms with Crippen molar-refractivity contribution in [3.63, 3.8) is 0 Å². The van der Waals surface area contributed by atoms with Gasteiger partial charge in [-0.05, 0) is 38.4 Å². The highest BCUT2D eigenvalue weighted by molar-refractivity contribution is 5.89. The number of halogens is 1. The average Bonchev–Trinajstić information content (AvgIpc) is 2.97. The Morgan fingerprint density at radius 1 is 1.24 bits per heavy atom. The van der Waals surface area contributed by atoms with Crippen molar-refractivity contribution in [3.8, 4) is 0 Å². The lowest BCUT2D eigenvalue weighted by atomic mass is 10.0. The molecule has 1 N–H and O–H groups in total. The summed E-state index contributed by atoms with van der Waals surface area (Å²) in [4.78, 5) is 28.8. The molecule has 2 aliphatic heterocycles. The molecule has 1 atom stereocenters. The fourth-order valence-electron chi connectivity index (χ4n) is 3.67. The zero-order valence-corrected chi connectivity index (χ0v) is 15.8. The molecule has 138 valence electrons. The molecule has 0 radical (unpaired) electrons. The molecule has 2 heterocycles. The number of carbonyl (C=O) groups is 2. The van der Waals surface area contributed by atoms with Crippen LogP contribution in [-0.4, -0.2) is 54.3 Å². The highest BCUT2D eigenvalue weighted by atomic mass is 35.5. The van der Waals surface area contributed by atoms with Gasteiger partial charge in [0.05, 0.1) is 5.92 Å². The maximum absolute atomic E-state index is 12.8. The van der Waals surface area contributed by atoms with Gasteiger partial charge in [-0.15, -0.1) is 12.4 Å². The van der Waals surface area contributed by atoms with E-state index in [1.54, 1.807) is 0 Å². The Morgan fingerprint density at radius 2 is 1.88 bits per heavy atom. The monoisotopic (exact) mass is 365 g/mol. The topological polar surface area (TPSA) is 52.7 Å². The third-order valence-electron chi connectivity index (χ3n) is 5.26. The van der Waals surface area contributed by atoms with Gasteiger partial charge in [0, 0.05) is 32.6 Å². The van der Waals surface area contributed by atoms with Gasteiger partial charge in [-0.25, -0.2) is 0 Å². The number of aryl methyl sites for hydroxylation is 1. The van der Waals surface area contributed by atoms with Crippen LogP contribution in [0.4, 0.5) is 0 Å². The first kappa shape index (κ1) is 19.7. The molecule has 0 saturated carbocycles. The van der Waals surface area contributed by atoms with Gasteiger partial charge in [-0.2, -0.15) is 0 Å². The van der Waals surface area contributed by atoms with Crippen LogP contribution in [0.25, 0.3) is 0 Å². The van der Waals surface area contributed by atoms with E-state index in [1.807, 2.05) is 16.8 Å². The highest BCUT2D eigenvalue weighted by Gasteiger charge is 2.37. The number of nitrogens with one attached hydrogen (secondary N) is 1. The summed E-state index contributed by atoms with van der Waals surface area (Å²) < 4.78 is 0. The molecule has 2 aliphatic rings. The van der Waals surface area contributed by atoms with Crippen LogP contribution < -0.4 is 5.32 Å². The summed E-state index contributed by atoms with van der Waals surface area (Å²) in [7, 11) is 1.89. The molecule has 0 spiro atoms. The predicted molar refractivity (Wildman–Crippen MR) is 101 cm³/mol. The van der Waals surface area contributed by atoms with Gasteiger partial charge in [0.15, 0.2) is 0 Å². The van der Waals surface area contributed by atoms with Crippen LogP contribution in [-0.2, 0) is 16.1 Å². The van der Waals surface area contributed by atoms with Gasteiger partial charge in [-0.3, -0.25) is 9.59 Å². The largest absolute Gasteiger partial charge is 0.342 e. The minimum absolute atomic E-state index is 0. The number of piperidine rings is 1. The number of hydrogen-bond donors (Lipinski definition) is 1. The van der Waals surface area contributed by atoms with Crippen molar-refractivity contribution in [2.75, 3.05) is 26.7 Å². The lowest BCUT2D eigenvalue weighted by Crippen LogP contribution is -2.46. The van der Waals surface area contributed by atoms with Gasteiger partial charge in [0.2, 0.25) is 11.8 Å². The molecule has 1 aromatic rings. The van der Waals surface area contributed by atoms with E-state index in [4.69, 9.17) is 0 Å². The van der Waals surface area contributed by atoms with Gasteiger partial charge >= 0.3 is 0 Å². The Labute approximate surface area is 156 Å². The quantitative estimate of drug-likeness (QED) is 0.887. The van der Waals surface area contributed by atoms with Crippen LogP contribution in [0.5, 0.6) is 0 Å². The van der Waals surface area contributed by atoms with Crippen molar-refractivity contribution in [2.45, 2.75) is 38.8 Å². The van der Waals surface area contributed by atoms with Crippen LogP contribution in [0, 0.1) is 12.8 Å². The lowest BCUT2D eigenvalue weighted by molar-refractivity contribution is -0.137. The first-order valence-electron chi connectivity index (χ1n) is 8.85. The summed E-state index contributed by atoms with van der Waals surface area (Å²) in [5.74, 6) is 0.0251. The first-order valence-corrected chi connectivity index (χ1v) is 8.85. The van der Waals surface area contributed by atoms with Crippen molar-refractivity contribution in [2.24, 2.45) is 5.92 Å². The Bertz CT molecular complexity index is 599. The lowest BCUT2D eigenvalue weighted by Gasteiger charge is -2.33. The Morgan fingerprint density at radius 3 is 2.52 bits per heavy atom. The summed E-state index contributed by atoms with van der Waals surface area (Å²) in [6.07, 6.45) is 2.34. The minimum Gasteiger partial charge on any atom is -0.342 e. The number of benzene rings is 1. The number of rotatable bonds is 4. The van der Waals surface area contributed by atoms with E-state index in [9.17, 15) is 9.59 Å². The maximum atomic E-state index is 12.8. The van der Waals surface area contributed by atoms with Gasteiger partial charge in [0.25, 0.3) is 0 Å². The molecular formula is C19H28ClN3O2. The average molecular weight is 366 g/mol. The second-order valence-electron chi connectivity index (χ2n) is 7.09. The molecule has 0 aliphatic carbocycles. The molecular weight excluding hydrogens is 338 g/mol. The summed E-state index contributed by atoms with van der Waals surface area (Å²) in [5.41, 5.74) is 2.33. The fourth-order valence-corrected chi connectivity index (χ4v) is 3.67. The van der Waals surface area contributed by atoms with E-state index < -0.39 is 0 Å².